The van der Waals surface area contributed by atoms with Gasteiger partial charge in [-0.25, -0.2) is 0 Å². The van der Waals surface area contributed by atoms with E-state index in [0.717, 1.165) is 26.0 Å². The third kappa shape index (κ3) is 5.73. The summed E-state index contributed by atoms with van der Waals surface area (Å²) in [6.07, 6.45) is 2.46. The summed E-state index contributed by atoms with van der Waals surface area (Å²) >= 11 is 0. The third-order valence-electron chi connectivity index (χ3n) is 3.78. The van der Waals surface area contributed by atoms with Crippen molar-refractivity contribution in [1.82, 2.24) is 16.0 Å². The summed E-state index contributed by atoms with van der Waals surface area (Å²) in [7, 11) is 3.30. The van der Waals surface area contributed by atoms with E-state index in [9.17, 15) is 4.79 Å². The van der Waals surface area contributed by atoms with Crippen molar-refractivity contribution in [2.24, 2.45) is 4.99 Å². The number of methoxy groups -OCH3 is 1. The normalized spacial score (nSPS) is 17.4. The molecular formula is C17H26N4O3. The Morgan fingerprint density at radius 2 is 2.17 bits per heavy atom. The van der Waals surface area contributed by atoms with Crippen LogP contribution in [0, 0.1) is 0 Å². The third-order valence-corrected chi connectivity index (χ3v) is 3.78. The van der Waals surface area contributed by atoms with Crippen LogP contribution in [-0.4, -0.2) is 58.4 Å². The minimum atomic E-state index is -0.127. The largest absolute Gasteiger partial charge is 0.497 e. The van der Waals surface area contributed by atoms with Crippen LogP contribution in [-0.2, 0) is 4.74 Å². The van der Waals surface area contributed by atoms with Gasteiger partial charge < -0.3 is 25.4 Å². The average Bonchev–Trinajstić information content (AvgIpc) is 3.14. The first-order chi connectivity index (χ1) is 11.7. The van der Waals surface area contributed by atoms with Gasteiger partial charge in [0, 0.05) is 38.9 Å². The molecule has 1 heterocycles. The molecule has 0 aliphatic carbocycles. The molecule has 7 nitrogen and oxygen atoms in total. The van der Waals surface area contributed by atoms with Crippen molar-refractivity contribution < 1.29 is 14.3 Å². The summed E-state index contributed by atoms with van der Waals surface area (Å²) in [4.78, 5) is 16.2. The molecule has 0 aromatic heterocycles. The Morgan fingerprint density at radius 1 is 1.33 bits per heavy atom. The van der Waals surface area contributed by atoms with E-state index < -0.39 is 0 Å². The van der Waals surface area contributed by atoms with E-state index in [2.05, 4.69) is 20.9 Å². The minimum absolute atomic E-state index is 0.127. The van der Waals surface area contributed by atoms with Gasteiger partial charge in [-0.1, -0.05) is 6.07 Å². The van der Waals surface area contributed by atoms with Gasteiger partial charge in [0.1, 0.15) is 5.75 Å². The summed E-state index contributed by atoms with van der Waals surface area (Å²) in [5.74, 6) is 1.25. The van der Waals surface area contributed by atoms with Crippen LogP contribution >= 0.6 is 0 Å². The van der Waals surface area contributed by atoms with Gasteiger partial charge in [0.05, 0.1) is 13.2 Å². The number of nitrogens with zero attached hydrogens (tertiary/aromatic N) is 1. The molecule has 1 fully saturated rings. The first kappa shape index (κ1) is 18.1. The lowest BCUT2D eigenvalue weighted by Gasteiger charge is -2.15. The first-order valence-electron chi connectivity index (χ1n) is 8.21. The lowest BCUT2D eigenvalue weighted by molar-refractivity contribution is 0.0954. The Hall–Kier alpha value is -2.28. The van der Waals surface area contributed by atoms with E-state index in [1.54, 1.807) is 32.4 Å². The van der Waals surface area contributed by atoms with Crippen LogP contribution in [0.1, 0.15) is 23.2 Å². The Labute approximate surface area is 142 Å². The van der Waals surface area contributed by atoms with Crippen LogP contribution in [0.2, 0.25) is 0 Å². The predicted molar refractivity (Wildman–Crippen MR) is 93.7 cm³/mol. The molecule has 1 aliphatic heterocycles. The number of rotatable bonds is 7. The smallest absolute Gasteiger partial charge is 0.251 e. The summed E-state index contributed by atoms with van der Waals surface area (Å²) in [6, 6.07) is 7.07. The van der Waals surface area contributed by atoms with Crippen molar-refractivity contribution in [3.05, 3.63) is 29.8 Å². The average molecular weight is 334 g/mol. The molecule has 1 aliphatic rings. The number of amides is 1. The van der Waals surface area contributed by atoms with E-state index in [-0.39, 0.29) is 12.0 Å². The van der Waals surface area contributed by atoms with Gasteiger partial charge in [-0.05, 0) is 31.0 Å². The molecule has 1 amide bonds. The molecule has 0 radical (unpaired) electrons. The summed E-state index contributed by atoms with van der Waals surface area (Å²) in [6.45, 7) is 2.67. The monoisotopic (exact) mass is 334 g/mol. The lowest BCUT2D eigenvalue weighted by atomic mass is 10.2. The van der Waals surface area contributed by atoms with Crippen LogP contribution in [0.3, 0.4) is 0 Å². The summed E-state index contributed by atoms with van der Waals surface area (Å²) in [5.41, 5.74) is 0.579. The van der Waals surface area contributed by atoms with Crippen LogP contribution in [0.4, 0.5) is 0 Å². The quantitative estimate of drug-likeness (QED) is 0.390. The zero-order valence-electron chi connectivity index (χ0n) is 14.3. The van der Waals surface area contributed by atoms with Gasteiger partial charge in [-0.2, -0.15) is 0 Å². The molecule has 1 aromatic carbocycles. The fraction of sp³-hybridized carbons (Fsp3) is 0.529. The molecule has 7 heteroatoms. The second-order valence-corrected chi connectivity index (χ2v) is 5.50. The molecule has 0 bridgehead atoms. The van der Waals surface area contributed by atoms with Crippen LogP contribution in [0.15, 0.2) is 29.3 Å². The Morgan fingerprint density at radius 3 is 2.88 bits per heavy atom. The van der Waals surface area contributed by atoms with Crippen molar-refractivity contribution in [1.29, 1.82) is 0 Å². The van der Waals surface area contributed by atoms with E-state index in [0.29, 0.717) is 30.4 Å². The maximum Gasteiger partial charge on any atom is 0.251 e. The van der Waals surface area contributed by atoms with Gasteiger partial charge in [0.15, 0.2) is 5.96 Å². The van der Waals surface area contributed by atoms with Crippen molar-refractivity contribution >= 4 is 11.9 Å². The highest BCUT2D eigenvalue weighted by Crippen LogP contribution is 2.12. The van der Waals surface area contributed by atoms with Crippen LogP contribution < -0.4 is 20.7 Å². The summed E-state index contributed by atoms with van der Waals surface area (Å²) < 4.78 is 10.7. The minimum Gasteiger partial charge on any atom is -0.497 e. The highest BCUT2D eigenvalue weighted by Gasteiger charge is 2.15. The molecule has 24 heavy (non-hydrogen) atoms. The van der Waals surface area contributed by atoms with E-state index in [1.807, 2.05) is 6.07 Å². The second kappa shape index (κ2) is 9.77. The van der Waals surface area contributed by atoms with Crippen LogP contribution in [0.25, 0.3) is 0 Å². The second-order valence-electron chi connectivity index (χ2n) is 5.50. The molecule has 0 saturated carbocycles. The van der Waals surface area contributed by atoms with Gasteiger partial charge in [-0.15, -0.1) is 0 Å². The number of carbonyl (C=O) groups is 1. The van der Waals surface area contributed by atoms with Crippen molar-refractivity contribution in [3.63, 3.8) is 0 Å². The molecule has 3 N–H and O–H groups in total. The Bertz CT molecular complexity index is 557. The topological polar surface area (TPSA) is 84.0 Å². The fourth-order valence-electron chi connectivity index (χ4n) is 2.46. The number of guanidine groups is 1. The maximum absolute atomic E-state index is 12.1. The van der Waals surface area contributed by atoms with Gasteiger partial charge >= 0.3 is 0 Å². The molecule has 1 saturated heterocycles. The van der Waals surface area contributed by atoms with Crippen molar-refractivity contribution in [2.75, 3.05) is 40.4 Å². The van der Waals surface area contributed by atoms with E-state index >= 15 is 0 Å². The maximum atomic E-state index is 12.1. The number of hydrogen-bond acceptors (Lipinski definition) is 4. The number of ether oxygens (including phenoxy) is 2. The standard InChI is InChI=1S/C17H26N4O3/c1-18-17(21-12-15-7-4-10-24-15)20-9-8-19-16(22)13-5-3-6-14(11-13)23-2/h3,5-6,11,15H,4,7-10,12H2,1-2H3,(H,19,22)(H2,18,20,21). The molecule has 1 aromatic rings. The number of hydrogen-bond donors (Lipinski definition) is 3. The zero-order valence-corrected chi connectivity index (χ0v) is 14.3. The fourth-order valence-corrected chi connectivity index (χ4v) is 2.46. The highest BCUT2D eigenvalue weighted by atomic mass is 16.5. The predicted octanol–water partition coefficient (Wildman–Crippen LogP) is 0.769. The summed E-state index contributed by atoms with van der Waals surface area (Å²) in [5, 5.41) is 9.26. The number of benzene rings is 1. The SMILES string of the molecule is CN=C(NCCNC(=O)c1cccc(OC)c1)NCC1CCCO1. The molecule has 1 atom stereocenters. The Kier molecular flexibility index (Phi) is 7.35. The molecule has 132 valence electrons. The Balaban J connectivity index is 1.66. The number of nitrogens with one attached hydrogen (secondary N) is 3. The van der Waals surface area contributed by atoms with E-state index in [1.165, 1.54) is 0 Å². The molecule has 1 unspecified atom stereocenters. The van der Waals surface area contributed by atoms with E-state index in [4.69, 9.17) is 9.47 Å². The van der Waals surface area contributed by atoms with Gasteiger partial charge in [0.25, 0.3) is 5.91 Å². The lowest BCUT2D eigenvalue weighted by Crippen LogP contribution is -2.43. The number of carbonyl (C=O) groups excluding carboxylic acids is 1. The molecule has 0 spiro atoms. The number of aliphatic imine (C=N–C) groups is 1. The molecule has 2 rings (SSSR count). The van der Waals surface area contributed by atoms with Crippen molar-refractivity contribution in [3.8, 4) is 5.75 Å². The first-order valence-corrected chi connectivity index (χ1v) is 8.21. The van der Waals surface area contributed by atoms with Crippen LogP contribution in [0.5, 0.6) is 5.75 Å². The van der Waals surface area contributed by atoms with Crippen molar-refractivity contribution in [2.45, 2.75) is 18.9 Å². The van der Waals surface area contributed by atoms with Gasteiger partial charge in [-0.3, -0.25) is 9.79 Å². The molecular weight excluding hydrogens is 308 g/mol. The highest BCUT2D eigenvalue weighted by molar-refractivity contribution is 5.94. The zero-order chi connectivity index (χ0) is 17.2. The van der Waals surface area contributed by atoms with Gasteiger partial charge in [0.2, 0.25) is 0 Å².